The van der Waals surface area contributed by atoms with Gasteiger partial charge in [-0.1, -0.05) is 94.2 Å². The van der Waals surface area contributed by atoms with E-state index in [1.807, 2.05) is 12.1 Å². The molecule has 0 unspecified atom stereocenters. The highest BCUT2D eigenvalue weighted by Crippen LogP contribution is 2.44. The molecule has 0 aliphatic heterocycles. The van der Waals surface area contributed by atoms with E-state index in [-0.39, 0.29) is 117 Å². The van der Waals surface area contributed by atoms with E-state index in [0.29, 0.717) is 245 Å². The Bertz CT molecular complexity index is 3970. The maximum Gasteiger partial charge on any atom is 0.327 e. The third kappa shape index (κ3) is 50.5. The van der Waals surface area contributed by atoms with Crippen molar-refractivity contribution in [3.63, 3.8) is 0 Å². The molecule has 0 spiro atoms. The molecular weight excluding hydrogens is 1720 g/mol. The summed E-state index contributed by atoms with van der Waals surface area (Å²) in [5, 5.41) is 36.5. The van der Waals surface area contributed by atoms with Crippen LogP contribution < -0.4 is 37.9 Å². The number of unbranched alkanes of at least 4 members (excludes halogenated alkanes) is 9. The fourth-order valence-corrected chi connectivity index (χ4v) is 12.2. The number of esters is 3. The first-order valence-electron chi connectivity index (χ1n) is 45.7. The van der Waals surface area contributed by atoms with Crippen LogP contribution in [0.3, 0.4) is 0 Å². The summed E-state index contributed by atoms with van der Waals surface area (Å²) < 4.78 is 157. The highest BCUT2D eigenvalue weighted by atomic mass is 16.6. The zero-order chi connectivity index (χ0) is 93.4. The van der Waals surface area contributed by atoms with E-state index in [2.05, 4.69) is 51.7 Å². The number of methoxy groups -OCH3 is 3. The van der Waals surface area contributed by atoms with Crippen molar-refractivity contribution >= 4 is 17.9 Å². The average Bonchev–Trinajstić information content (AvgIpc) is 0.796. The van der Waals surface area contributed by atoms with E-state index >= 15 is 0 Å². The number of aliphatic hydroxyl groups excluding tert-OH is 1. The van der Waals surface area contributed by atoms with Gasteiger partial charge in [-0.2, -0.15) is 0 Å². The second-order valence-electron chi connectivity index (χ2n) is 29.8. The normalized spacial score (nSPS) is 11.4. The summed E-state index contributed by atoms with van der Waals surface area (Å²) in [4.78, 5) is 38.6. The molecule has 0 radical (unpaired) electrons. The maximum atomic E-state index is 13.0. The quantitative estimate of drug-likeness (QED) is 0.0210. The van der Waals surface area contributed by atoms with E-state index < -0.39 is 24.5 Å². The lowest BCUT2D eigenvalue weighted by Gasteiger charge is -2.20. The van der Waals surface area contributed by atoms with Crippen molar-refractivity contribution in [2.45, 2.75) is 157 Å². The number of hydrogen-bond donors (Lipinski definition) is 1. The molecule has 7 aromatic rings. The van der Waals surface area contributed by atoms with Gasteiger partial charge >= 0.3 is 17.9 Å². The number of aromatic nitrogens is 9. The van der Waals surface area contributed by atoms with Crippen LogP contribution in [-0.2, 0) is 159 Å². The molecule has 0 aliphatic carbocycles. The average molecular weight is 1870 g/mol. The fourth-order valence-electron chi connectivity index (χ4n) is 12.2. The second-order valence-corrected chi connectivity index (χ2v) is 29.8. The van der Waals surface area contributed by atoms with Gasteiger partial charge in [0.2, 0.25) is 0 Å². The molecule has 0 aliphatic rings. The number of hydrogen-bond acceptors (Lipinski definition) is 36. The van der Waals surface area contributed by atoms with E-state index in [9.17, 15) is 19.5 Å². The largest absolute Gasteiger partial charge is 0.491 e. The van der Waals surface area contributed by atoms with Gasteiger partial charge in [0.1, 0.15) is 136 Å². The standard InChI is InChI=1S/C93H141N9O30/c1-7-10-13-16-19-125-90(104)66-100-63-79(94-97-100)72-130-84-54-76(52-82(60-84)122-49-46-119-43-40-116-37-34-113-31-28-110-25-22-107-4)70-128-86-58-78(93-88(124-51-48-121-45-42-118-39-36-115-33-30-112-27-24-109-6)56-75(69-103)57-89(93)132-74-81-65-102(99-96-81)68-92(106)127-21-18-15-12-9-3)59-87(62-86)129-71-77-53-83(123-50-47-120-44-41-117-38-35-114-32-29-111-26-23-108-5)61-85(55-77)131-73-80-64-101(98-95-80)67-91(105)126-20-17-14-11-8-2/h52-65,103H,7-51,66-74H2,1-6H3. The zero-order valence-corrected chi connectivity index (χ0v) is 78.1. The van der Waals surface area contributed by atoms with Crippen molar-refractivity contribution in [2.24, 2.45) is 0 Å². The predicted molar refractivity (Wildman–Crippen MR) is 480 cm³/mol. The van der Waals surface area contributed by atoms with Crippen LogP contribution in [0.1, 0.15) is 132 Å². The first-order valence-corrected chi connectivity index (χ1v) is 45.7. The summed E-state index contributed by atoms with van der Waals surface area (Å²) in [6.07, 6.45) is 16.4. The van der Waals surface area contributed by atoms with Gasteiger partial charge in [0.15, 0.2) is 0 Å². The first kappa shape index (κ1) is 109. The van der Waals surface area contributed by atoms with Crippen LogP contribution in [0.25, 0.3) is 11.1 Å². The Hall–Kier alpha value is -9.53. The molecule has 3 aromatic heterocycles. The highest BCUT2D eigenvalue weighted by molar-refractivity contribution is 5.79. The molecule has 7 rings (SSSR count). The third-order valence-electron chi connectivity index (χ3n) is 18.9. The Labute approximate surface area is 774 Å². The van der Waals surface area contributed by atoms with Crippen LogP contribution in [0.4, 0.5) is 0 Å². The van der Waals surface area contributed by atoms with Gasteiger partial charge in [-0.25, -0.2) is 14.0 Å². The van der Waals surface area contributed by atoms with Gasteiger partial charge in [-0.3, -0.25) is 14.4 Å². The Kier molecular flexibility index (Phi) is 59.7. The molecule has 4 aromatic carbocycles. The van der Waals surface area contributed by atoms with Crippen molar-refractivity contribution in [2.75, 3.05) is 239 Å². The minimum Gasteiger partial charge on any atom is -0.491 e. The Morgan fingerprint density at radius 2 is 0.538 bits per heavy atom. The lowest BCUT2D eigenvalue weighted by atomic mass is 10.00. The minimum absolute atomic E-state index is 0.0326. The number of carbonyl (C=O) groups excluding carboxylic acids is 3. The number of nitrogens with zero attached hydrogens (tertiary/aromatic N) is 9. The topological polar surface area (TPSA) is 404 Å². The summed E-state index contributed by atoms with van der Waals surface area (Å²) in [6.45, 7) is 16.8. The number of benzene rings is 4. The summed E-state index contributed by atoms with van der Waals surface area (Å²) in [5.41, 5.74) is 3.82. The summed E-state index contributed by atoms with van der Waals surface area (Å²) in [5.74, 6) is 1.49. The molecule has 0 fully saturated rings. The smallest absolute Gasteiger partial charge is 0.327 e. The van der Waals surface area contributed by atoms with Crippen molar-refractivity contribution in [3.8, 4) is 57.1 Å². The van der Waals surface area contributed by atoms with Crippen LogP contribution >= 0.6 is 0 Å². The molecule has 3 heterocycles. The molecule has 0 bridgehead atoms. The maximum absolute atomic E-state index is 13.0. The van der Waals surface area contributed by atoms with E-state index in [1.54, 1.807) is 94.5 Å². The third-order valence-corrected chi connectivity index (χ3v) is 18.9. The van der Waals surface area contributed by atoms with E-state index in [4.69, 9.17) is 123 Å². The van der Waals surface area contributed by atoms with E-state index in [0.717, 1.165) is 77.0 Å². The molecule has 132 heavy (non-hydrogen) atoms. The van der Waals surface area contributed by atoms with Gasteiger partial charge in [0, 0.05) is 39.5 Å². The predicted octanol–water partition coefficient (Wildman–Crippen LogP) is 10.2. The van der Waals surface area contributed by atoms with Crippen molar-refractivity contribution < 1.29 is 143 Å². The van der Waals surface area contributed by atoms with Crippen LogP contribution in [0, 0.1) is 0 Å². The van der Waals surface area contributed by atoms with Crippen molar-refractivity contribution in [3.05, 3.63) is 119 Å². The van der Waals surface area contributed by atoms with Gasteiger partial charge < -0.3 is 128 Å². The van der Waals surface area contributed by atoms with E-state index in [1.165, 1.54) is 14.0 Å². The van der Waals surface area contributed by atoms with Crippen LogP contribution in [-0.4, -0.2) is 307 Å². The first-order chi connectivity index (χ1) is 65.0. The Morgan fingerprint density at radius 1 is 0.273 bits per heavy atom. The fraction of sp³-hybridized carbons (Fsp3) is 0.645. The van der Waals surface area contributed by atoms with Crippen molar-refractivity contribution in [1.82, 2.24) is 45.0 Å². The lowest BCUT2D eigenvalue weighted by molar-refractivity contribution is -0.145. The molecule has 738 valence electrons. The molecular formula is C93H141N9O30. The minimum atomic E-state index is -0.458. The molecule has 0 atom stereocenters. The number of rotatable bonds is 86. The molecule has 0 saturated heterocycles. The summed E-state index contributed by atoms with van der Waals surface area (Å²) >= 11 is 0. The highest BCUT2D eigenvalue weighted by Gasteiger charge is 2.22. The zero-order valence-electron chi connectivity index (χ0n) is 78.1. The van der Waals surface area contributed by atoms with Crippen LogP contribution in [0.15, 0.2) is 85.3 Å². The molecule has 0 saturated carbocycles. The molecule has 0 amide bonds. The van der Waals surface area contributed by atoms with Crippen LogP contribution in [0.2, 0.25) is 0 Å². The number of aliphatic hydroxyl groups is 1. The summed E-state index contributed by atoms with van der Waals surface area (Å²) in [6, 6.07) is 19.5. The Morgan fingerprint density at radius 3 is 0.841 bits per heavy atom. The lowest BCUT2D eigenvalue weighted by Crippen LogP contribution is -2.14. The number of carbonyl (C=O) groups is 3. The van der Waals surface area contributed by atoms with Crippen LogP contribution in [0.5, 0.6) is 46.0 Å². The van der Waals surface area contributed by atoms with Gasteiger partial charge in [-0.15, -0.1) is 15.3 Å². The Balaban J connectivity index is 1.20. The van der Waals surface area contributed by atoms with Gasteiger partial charge in [0.05, 0.1) is 229 Å². The summed E-state index contributed by atoms with van der Waals surface area (Å²) in [7, 11) is 4.86. The van der Waals surface area contributed by atoms with Gasteiger partial charge in [-0.05, 0) is 90.0 Å². The molecule has 39 nitrogen and oxygen atoms in total. The monoisotopic (exact) mass is 1860 g/mol. The molecule has 1 N–H and O–H groups in total. The SMILES string of the molecule is CCCCCCOC(=O)Cn1cc(COc2cc(COc3cc(OCc4cc(OCCOCCOCCOCCOCCOC)cc(OCc5cn(CC(=O)OCCCCCC)nn5)c4)cc(-c4c(OCCOCCOCCOCCOCCOC)cc(CO)cc4OCc4cn(CC(=O)OCCCCCC)nn4)c3)cc(OCCOCCOCCOCCOCCOC)c2)nn1. The van der Waals surface area contributed by atoms with Crippen molar-refractivity contribution in [1.29, 1.82) is 0 Å². The second kappa shape index (κ2) is 72.0. The molecule has 39 heteroatoms. The number of ether oxygens (including phenoxy) is 26. The van der Waals surface area contributed by atoms with Gasteiger partial charge in [0.25, 0.3) is 0 Å².